The normalized spacial score (nSPS) is 14.2. The summed E-state index contributed by atoms with van der Waals surface area (Å²) in [5.41, 5.74) is 5.31. The number of aryl methyl sites for hydroxylation is 1. The molecule has 1 unspecified atom stereocenters. The maximum atomic E-state index is 12.5. The number of benzene rings is 2. The van der Waals surface area contributed by atoms with Crippen LogP contribution in [0.4, 0.5) is 0 Å². The fraction of sp³-hybridized carbons (Fsp3) is 0.316. The second kappa shape index (κ2) is 6.42. The van der Waals surface area contributed by atoms with Crippen molar-refractivity contribution in [2.45, 2.75) is 33.0 Å². The lowest BCUT2D eigenvalue weighted by atomic mass is 10.0. The number of ether oxygens (including phenoxy) is 1. The molecule has 23 heavy (non-hydrogen) atoms. The van der Waals surface area contributed by atoms with Gasteiger partial charge in [-0.15, -0.1) is 0 Å². The van der Waals surface area contributed by atoms with Crippen molar-refractivity contribution < 1.29 is 9.53 Å². The van der Waals surface area contributed by atoms with Crippen molar-refractivity contribution >= 4 is 5.91 Å². The van der Waals surface area contributed by atoms with E-state index >= 15 is 0 Å². The Labute approximate surface area is 136 Å². The first kappa shape index (κ1) is 15.6. The molecular weight excluding hydrogens is 288 g/mol. The van der Waals surface area contributed by atoms with Crippen LogP contribution in [0.2, 0.25) is 0 Å². The highest BCUT2D eigenvalue weighted by molar-refractivity contribution is 5.94. The molecule has 4 nitrogen and oxygen atoms in total. The van der Waals surface area contributed by atoms with Gasteiger partial charge >= 0.3 is 0 Å². The molecule has 0 saturated heterocycles. The summed E-state index contributed by atoms with van der Waals surface area (Å²) < 4.78 is 5.41. The molecule has 1 atom stereocenters. The number of amides is 1. The van der Waals surface area contributed by atoms with E-state index in [0.717, 1.165) is 30.0 Å². The molecule has 1 amide bonds. The Bertz CT molecular complexity index is 740. The van der Waals surface area contributed by atoms with Gasteiger partial charge in [-0.05, 0) is 43.2 Å². The van der Waals surface area contributed by atoms with Crippen LogP contribution in [0.5, 0.6) is 5.75 Å². The highest BCUT2D eigenvalue weighted by Crippen LogP contribution is 2.26. The van der Waals surface area contributed by atoms with E-state index in [1.807, 2.05) is 44.2 Å². The molecule has 3 rings (SSSR count). The molecule has 1 aliphatic heterocycles. The highest BCUT2D eigenvalue weighted by Gasteiger charge is 2.17. The van der Waals surface area contributed by atoms with Crippen molar-refractivity contribution in [2.75, 3.05) is 7.11 Å². The lowest BCUT2D eigenvalue weighted by Crippen LogP contribution is -2.27. The number of hydrogen-bond acceptors (Lipinski definition) is 3. The van der Waals surface area contributed by atoms with E-state index in [1.54, 1.807) is 7.11 Å². The van der Waals surface area contributed by atoms with Crippen LogP contribution in [-0.4, -0.2) is 13.0 Å². The molecule has 0 fully saturated rings. The number of nitrogens with one attached hydrogen (secondary N) is 2. The molecule has 1 heterocycles. The van der Waals surface area contributed by atoms with Crippen molar-refractivity contribution in [2.24, 2.45) is 0 Å². The summed E-state index contributed by atoms with van der Waals surface area (Å²) >= 11 is 0. The van der Waals surface area contributed by atoms with E-state index in [4.69, 9.17) is 4.74 Å². The molecule has 2 aromatic rings. The Morgan fingerprint density at radius 1 is 1.17 bits per heavy atom. The minimum Gasteiger partial charge on any atom is -0.496 e. The second-order valence-corrected chi connectivity index (χ2v) is 6.03. The Balaban J connectivity index is 1.78. The average molecular weight is 310 g/mol. The van der Waals surface area contributed by atoms with Crippen molar-refractivity contribution in [3.63, 3.8) is 0 Å². The number of hydrogen-bond donors (Lipinski definition) is 2. The fourth-order valence-corrected chi connectivity index (χ4v) is 2.99. The van der Waals surface area contributed by atoms with Gasteiger partial charge in [0.2, 0.25) is 0 Å². The van der Waals surface area contributed by atoms with Gasteiger partial charge in [0.15, 0.2) is 0 Å². The third kappa shape index (κ3) is 3.22. The standard InChI is InChI=1S/C19H22N2O2/c1-12-4-7-18(23-3)17(8-12)13(2)21-19(22)14-5-6-15-10-20-11-16(15)9-14/h4-9,13,20H,10-11H2,1-3H3,(H,21,22). The summed E-state index contributed by atoms with van der Waals surface area (Å²) in [7, 11) is 1.65. The molecule has 0 bridgehead atoms. The van der Waals surface area contributed by atoms with Crippen LogP contribution in [0.3, 0.4) is 0 Å². The van der Waals surface area contributed by atoms with E-state index < -0.39 is 0 Å². The zero-order chi connectivity index (χ0) is 16.4. The number of fused-ring (bicyclic) bond motifs is 1. The van der Waals surface area contributed by atoms with Gasteiger partial charge in [0.25, 0.3) is 5.91 Å². The van der Waals surface area contributed by atoms with Gasteiger partial charge in [-0.1, -0.05) is 23.8 Å². The molecule has 120 valence electrons. The lowest BCUT2D eigenvalue weighted by Gasteiger charge is -2.18. The predicted molar refractivity (Wildman–Crippen MR) is 90.6 cm³/mol. The Morgan fingerprint density at radius 3 is 2.74 bits per heavy atom. The number of carbonyl (C=O) groups excluding carboxylic acids is 1. The fourth-order valence-electron chi connectivity index (χ4n) is 2.99. The zero-order valence-electron chi connectivity index (χ0n) is 13.8. The van der Waals surface area contributed by atoms with Crippen molar-refractivity contribution in [3.8, 4) is 5.75 Å². The van der Waals surface area contributed by atoms with E-state index in [0.29, 0.717) is 5.56 Å². The van der Waals surface area contributed by atoms with E-state index in [9.17, 15) is 4.79 Å². The average Bonchev–Trinajstić information content (AvgIpc) is 3.02. The van der Waals surface area contributed by atoms with Crippen LogP contribution in [0, 0.1) is 6.92 Å². The molecule has 4 heteroatoms. The molecule has 0 saturated carbocycles. The lowest BCUT2D eigenvalue weighted by molar-refractivity contribution is 0.0939. The SMILES string of the molecule is COc1ccc(C)cc1C(C)NC(=O)c1ccc2c(c1)CNC2. The molecule has 0 aliphatic carbocycles. The zero-order valence-corrected chi connectivity index (χ0v) is 13.8. The molecule has 0 aromatic heterocycles. The molecule has 1 aliphatic rings. The number of methoxy groups -OCH3 is 1. The third-order valence-electron chi connectivity index (χ3n) is 4.30. The summed E-state index contributed by atoms with van der Waals surface area (Å²) in [6, 6.07) is 11.8. The van der Waals surface area contributed by atoms with Gasteiger partial charge in [-0.3, -0.25) is 4.79 Å². The largest absolute Gasteiger partial charge is 0.496 e. The summed E-state index contributed by atoms with van der Waals surface area (Å²) in [4.78, 5) is 12.5. The van der Waals surface area contributed by atoms with Crippen LogP contribution in [0.25, 0.3) is 0 Å². The van der Waals surface area contributed by atoms with Crippen LogP contribution in [0.15, 0.2) is 36.4 Å². The van der Waals surface area contributed by atoms with Crippen LogP contribution in [0.1, 0.15) is 45.6 Å². The van der Waals surface area contributed by atoms with Gasteiger partial charge < -0.3 is 15.4 Å². The number of carbonyl (C=O) groups is 1. The van der Waals surface area contributed by atoms with E-state index in [-0.39, 0.29) is 11.9 Å². The van der Waals surface area contributed by atoms with Crippen molar-refractivity contribution in [3.05, 3.63) is 64.2 Å². The van der Waals surface area contributed by atoms with Gasteiger partial charge in [0.05, 0.1) is 13.2 Å². The monoisotopic (exact) mass is 310 g/mol. The maximum Gasteiger partial charge on any atom is 0.251 e. The quantitative estimate of drug-likeness (QED) is 0.912. The maximum absolute atomic E-state index is 12.5. The van der Waals surface area contributed by atoms with Crippen molar-refractivity contribution in [1.29, 1.82) is 0 Å². The molecule has 2 aromatic carbocycles. The highest BCUT2D eigenvalue weighted by atomic mass is 16.5. The van der Waals surface area contributed by atoms with Crippen LogP contribution in [-0.2, 0) is 13.1 Å². The van der Waals surface area contributed by atoms with E-state index in [1.165, 1.54) is 11.1 Å². The summed E-state index contributed by atoms with van der Waals surface area (Å²) in [6.07, 6.45) is 0. The minimum atomic E-state index is -0.122. The second-order valence-electron chi connectivity index (χ2n) is 6.03. The first-order valence-corrected chi connectivity index (χ1v) is 7.86. The van der Waals surface area contributed by atoms with Crippen LogP contribution >= 0.6 is 0 Å². The summed E-state index contributed by atoms with van der Waals surface area (Å²) in [5.74, 6) is 0.734. The first-order chi connectivity index (χ1) is 11.1. The van der Waals surface area contributed by atoms with Crippen molar-refractivity contribution in [1.82, 2.24) is 10.6 Å². The Morgan fingerprint density at radius 2 is 1.96 bits per heavy atom. The predicted octanol–water partition coefficient (Wildman–Crippen LogP) is 3.10. The molecule has 0 radical (unpaired) electrons. The minimum absolute atomic E-state index is 0.0595. The van der Waals surface area contributed by atoms with Gasteiger partial charge in [-0.2, -0.15) is 0 Å². The summed E-state index contributed by atoms with van der Waals surface area (Å²) in [6.45, 7) is 5.72. The van der Waals surface area contributed by atoms with Crippen LogP contribution < -0.4 is 15.4 Å². The smallest absolute Gasteiger partial charge is 0.251 e. The number of rotatable bonds is 4. The Hall–Kier alpha value is -2.33. The summed E-state index contributed by atoms with van der Waals surface area (Å²) in [5, 5.41) is 6.36. The molecule has 0 spiro atoms. The van der Waals surface area contributed by atoms with Gasteiger partial charge in [-0.25, -0.2) is 0 Å². The van der Waals surface area contributed by atoms with Gasteiger partial charge in [0.1, 0.15) is 5.75 Å². The topological polar surface area (TPSA) is 50.4 Å². The third-order valence-corrected chi connectivity index (χ3v) is 4.30. The Kier molecular flexibility index (Phi) is 4.35. The molecule has 2 N–H and O–H groups in total. The van der Waals surface area contributed by atoms with E-state index in [2.05, 4.69) is 16.7 Å². The van der Waals surface area contributed by atoms with Gasteiger partial charge in [0, 0.05) is 24.2 Å². The first-order valence-electron chi connectivity index (χ1n) is 7.86. The molecular formula is C19H22N2O2.